The Morgan fingerprint density at radius 2 is 1.45 bits per heavy atom. The fourth-order valence-corrected chi connectivity index (χ4v) is 10.0. The van der Waals surface area contributed by atoms with Crippen LogP contribution in [-0.2, 0) is 23.8 Å². The van der Waals surface area contributed by atoms with Crippen molar-refractivity contribution in [2.45, 2.75) is 96.0 Å². The average molecular weight is 766 g/mol. The monoisotopic (exact) mass is 765 g/mol. The van der Waals surface area contributed by atoms with E-state index in [1.807, 2.05) is 13.0 Å². The van der Waals surface area contributed by atoms with Gasteiger partial charge in [-0.1, -0.05) is 94.4 Å². The number of carbonyl (C=O) groups excluding carboxylic acids is 4. The molecular formula is C45H51NO10. The van der Waals surface area contributed by atoms with Crippen LogP contribution >= 0.6 is 0 Å². The maximum absolute atomic E-state index is 14.9. The molecule has 2 bridgehead atoms. The lowest BCUT2D eigenvalue weighted by atomic mass is 9.43. The normalized spacial score (nSPS) is 34.3. The molecule has 1 saturated heterocycles. The number of fused-ring (bicyclic) bond motifs is 5. The Balaban J connectivity index is 1.31. The Bertz CT molecular complexity index is 2030. The van der Waals surface area contributed by atoms with E-state index >= 15 is 0 Å². The Morgan fingerprint density at radius 1 is 0.875 bits per heavy atom. The number of aliphatic hydroxyl groups is 3. The zero-order chi connectivity index (χ0) is 40.4. The van der Waals surface area contributed by atoms with Crippen LogP contribution < -0.4 is 5.32 Å². The van der Waals surface area contributed by atoms with E-state index in [2.05, 4.69) is 5.32 Å². The van der Waals surface area contributed by atoms with Gasteiger partial charge < -0.3 is 34.8 Å². The van der Waals surface area contributed by atoms with E-state index in [4.69, 9.17) is 14.2 Å². The second-order valence-electron chi connectivity index (χ2n) is 16.9. The molecular weight excluding hydrogens is 714 g/mol. The first-order chi connectivity index (χ1) is 26.5. The number of hydrogen-bond donors (Lipinski definition) is 4. The van der Waals surface area contributed by atoms with E-state index < -0.39 is 88.0 Å². The van der Waals surface area contributed by atoms with Gasteiger partial charge in [-0.3, -0.25) is 14.4 Å². The second kappa shape index (κ2) is 14.4. The van der Waals surface area contributed by atoms with E-state index in [9.17, 15) is 34.5 Å². The highest BCUT2D eigenvalue weighted by molar-refractivity contribution is 5.95. The Hall–Kier alpha value is -4.68. The first-order valence-corrected chi connectivity index (χ1v) is 19.3. The number of ether oxygens (including phenoxy) is 3. The quantitative estimate of drug-likeness (QED) is 0.178. The first kappa shape index (κ1) is 39.6. The van der Waals surface area contributed by atoms with Crippen LogP contribution in [0.2, 0.25) is 0 Å². The molecule has 1 heterocycles. The highest BCUT2D eigenvalue weighted by Gasteiger charge is 2.75. The third-order valence-corrected chi connectivity index (χ3v) is 13.7. The summed E-state index contributed by atoms with van der Waals surface area (Å²) < 4.78 is 18.5. The molecule has 4 aliphatic rings. The third kappa shape index (κ3) is 6.11. The van der Waals surface area contributed by atoms with Gasteiger partial charge in [-0.25, -0.2) is 4.79 Å². The van der Waals surface area contributed by atoms with E-state index in [1.54, 1.807) is 120 Å². The summed E-state index contributed by atoms with van der Waals surface area (Å²) in [6.45, 7) is 9.99. The number of aliphatic hydroxyl groups excluding tert-OH is 1. The van der Waals surface area contributed by atoms with Gasteiger partial charge >= 0.3 is 11.9 Å². The molecule has 1 amide bonds. The van der Waals surface area contributed by atoms with Crippen molar-refractivity contribution in [3.63, 3.8) is 0 Å². The molecule has 3 aromatic carbocycles. The zero-order valence-electron chi connectivity index (χ0n) is 32.6. The van der Waals surface area contributed by atoms with Gasteiger partial charge in [-0.05, 0) is 67.2 Å². The topological polar surface area (TPSA) is 169 Å². The van der Waals surface area contributed by atoms with E-state index in [1.165, 1.54) is 0 Å². The molecule has 11 atom stereocenters. The standard InChI is InChI=1S/C45H51NO10/c1-25-22-32-44(52,24-54-32)36-38(56-41(51)30-20-14-9-15-21-30)45(53)23-31(26(2)33(42(45,4)5)35(47)37(48)43(25,36)6)55-40(50)27(3)34(28-16-10-7-11-17-28)46-39(49)29-18-12-8-13-19-29/h7-21,25,27,31-32,34-36,38,47,52-53H,22-24H2,1-6H3,(H,46,49)/t25-,27+,31?,32?,34?,35?,36?,38?,43+,44-,45?/m0/s1. The predicted octanol–water partition coefficient (Wildman–Crippen LogP) is 5.14. The van der Waals surface area contributed by atoms with Crippen molar-refractivity contribution in [3.05, 3.63) is 119 Å². The van der Waals surface area contributed by atoms with Gasteiger partial charge in [0.05, 0.1) is 30.2 Å². The molecule has 11 heteroatoms. The summed E-state index contributed by atoms with van der Waals surface area (Å²) in [6.07, 6.45) is -5.18. The summed E-state index contributed by atoms with van der Waals surface area (Å²) in [5.41, 5.74) is -4.93. The van der Waals surface area contributed by atoms with Crippen molar-refractivity contribution in [2.75, 3.05) is 6.61 Å². The third-order valence-electron chi connectivity index (χ3n) is 13.7. The molecule has 7 unspecified atom stereocenters. The minimum Gasteiger partial charge on any atom is -0.457 e. The number of benzene rings is 3. The van der Waals surface area contributed by atoms with Crippen LogP contribution in [-0.4, -0.2) is 81.2 Å². The Labute approximate surface area is 327 Å². The summed E-state index contributed by atoms with van der Waals surface area (Å²) in [7, 11) is 0. The first-order valence-electron chi connectivity index (χ1n) is 19.3. The molecule has 56 heavy (non-hydrogen) atoms. The van der Waals surface area contributed by atoms with Crippen molar-refractivity contribution in [1.29, 1.82) is 0 Å². The number of esters is 2. The summed E-state index contributed by atoms with van der Waals surface area (Å²) in [6, 6.07) is 25.1. The van der Waals surface area contributed by atoms with Crippen molar-refractivity contribution in [3.8, 4) is 0 Å². The summed E-state index contributed by atoms with van der Waals surface area (Å²) in [5.74, 6) is -5.10. The van der Waals surface area contributed by atoms with Gasteiger partial charge in [0.15, 0.2) is 5.78 Å². The molecule has 0 spiro atoms. The number of rotatable bonds is 8. The molecule has 3 aromatic rings. The summed E-state index contributed by atoms with van der Waals surface area (Å²) in [4.78, 5) is 56.7. The number of Topliss-reactive ketones (excluding diaryl/α,β-unsaturated/α-hetero) is 1. The maximum atomic E-state index is 14.9. The van der Waals surface area contributed by atoms with Crippen LogP contribution in [0, 0.1) is 28.6 Å². The lowest BCUT2D eigenvalue weighted by molar-refractivity contribution is -0.337. The zero-order valence-corrected chi connectivity index (χ0v) is 32.6. The predicted molar refractivity (Wildman–Crippen MR) is 205 cm³/mol. The molecule has 1 aliphatic heterocycles. The van der Waals surface area contributed by atoms with Gasteiger partial charge in [0.25, 0.3) is 5.91 Å². The average Bonchev–Trinajstić information content (AvgIpc) is 3.19. The molecule has 0 radical (unpaired) electrons. The van der Waals surface area contributed by atoms with E-state index in [-0.39, 0.29) is 30.1 Å². The maximum Gasteiger partial charge on any atom is 0.338 e. The minimum absolute atomic E-state index is 0.158. The lowest BCUT2D eigenvalue weighted by Crippen LogP contribution is -2.80. The van der Waals surface area contributed by atoms with Gasteiger partial charge in [-0.15, -0.1) is 0 Å². The van der Waals surface area contributed by atoms with Crippen molar-refractivity contribution >= 4 is 23.6 Å². The number of ketones is 1. The molecule has 11 nitrogen and oxygen atoms in total. The number of amides is 1. The van der Waals surface area contributed by atoms with Crippen LogP contribution in [0.3, 0.4) is 0 Å². The summed E-state index contributed by atoms with van der Waals surface area (Å²) >= 11 is 0. The number of hydrogen-bond acceptors (Lipinski definition) is 10. The van der Waals surface area contributed by atoms with Gasteiger partial charge in [0, 0.05) is 28.7 Å². The van der Waals surface area contributed by atoms with Gasteiger partial charge in [-0.2, -0.15) is 0 Å². The smallest absolute Gasteiger partial charge is 0.338 e. The molecule has 7 rings (SSSR count). The van der Waals surface area contributed by atoms with Crippen LogP contribution in [0.4, 0.5) is 0 Å². The molecule has 0 aromatic heterocycles. The second-order valence-corrected chi connectivity index (χ2v) is 16.9. The fourth-order valence-electron chi connectivity index (χ4n) is 10.0. The van der Waals surface area contributed by atoms with Crippen molar-refractivity contribution in [2.24, 2.45) is 28.6 Å². The van der Waals surface area contributed by atoms with Crippen molar-refractivity contribution < 1.29 is 48.7 Å². The molecule has 3 fully saturated rings. The largest absolute Gasteiger partial charge is 0.457 e. The van der Waals surface area contributed by atoms with Gasteiger partial charge in [0.1, 0.15) is 29.5 Å². The highest BCUT2D eigenvalue weighted by Crippen LogP contribution is 2.64. The molecule has 4 N–H and O–H groups in total. The SMILES string of the molecule is CC1=C2C(O)C(=O)[C@@]3(C)C(C(OC(=O)c4ccccc4)C(O)(CC1OC(=O)[C@H](C)C(NC(=O)c1ccccc1)c1ccccc1)C2(C)C)[C@]1(O)COC1C[C@@H]3C. The minimum atomic E-state index is -2.11. The molecule has 2 saturated carbocycles. The number of carbonyl (C=O) groups is 4. The number of nitrogens with one attached hydrogen (secondary N) is 1. The summed E-state index contributed by atoms with van der Waals surface area (Å²) in [5, 5.41) is 41.1. The fraction of sp³-hybridized carbons (Fsp3) is 0.467. The Kier molecular flexibility index (Phi) is 10.1. The van der Waals surface area contributed by atoms with Crippen LogP contribution in [0.25, 0.3) is 0 Å². The van der Waals surface area contributed by atoms with Crippen LogP contribution in [0.1, 0.15) is 86.7 Å². The van der Waals surface area contributed by atoms with E-state index in [0.29, 0.717) is 23.1 Å². The van der Waals surface area contributed by atoms with Crippen LogP contribution in [0.15, 0.2) is 102 Å². The lowest BCUT2D eigenvalue weighted by Gasteiger charge is -2.67. The highest BCUT2D eigenvalue weighted by atomic mass is 16.6. The Morgan fingerprint density at radius 3 is 2.02 bits per heavy atom. The van der Waals surface area contributed by atoms with E-state index in [0.717, 1.165) is 0 Å². The van der Waals surface area contributed by atoms with Crippen LogP contribution in [0.5, 0.6) is 0 Å². The van der Waals surface area contributed by atoms with Crippen molar-refractivity contribution in [1.82, 2.24) is 5.32 Å². The molecule has 296 valence electrons. The van der Waals surface area contributed by atoms with Gasteiger partial charge in [0.2, 0.25) is 0 Å². The molecule has 3 aliphatic carbocycles.